The first-order valence-electron chi connectivity index (χ1n) is 7.19. The zero-order chi connectivity index (χ0) is 14.3. The highest BCUT2D eigenvalue weighted by Gasteiger charge is 2.31. The third kappa shape index (κ3) is 2.68. The van der Waals surface area contributed by atoms with Gasteiger partial charge in [-0.25, -0.2) is 12.8 Å². The largest absolute Gasteiger partial charge is 0.369 e. The zero-order valence-corrected chi connectivity index (χ0v) is 12.5. The van der Waals surface area contributed by atoms with Gasteiger partial charge >= 0.3 is 0 Å². The van der Waals surface area contributed by atoms with E-state index in [4.69, 9.17) is 0 Å². The molecule has 2 heterocycles. The normalized spacial score (nSPS) is 24.7. The molecule has 0 radical (unpaired) electrons. The number of aryl methyl sites for hydroxylation is 2. The van der Waals surface area contributed by atoms with Crippen molar-refractivity contribution in [1.29, 1.82) is 0 Å². The van der Waals surface area contributed by atoms with Gasteiger partial charge in [0.15, 0.2) is 9.84 Å². The Morgan fingerprint density at radius 1 is 1.40 bits per heavy atom. The van der Waals surface area contributed by atoms with E-state index < -0.39 is 9.84 Å². The van der Waals surface area contributed by atoms with E-state index in [1.165, 1.54) is 0 Å². The van der Waals surface area contributed by atoms with Gasteiger partial charge < -0.3 is 4.90 Å². The van der Waals surface area contributed by atoms with Gasteiger partial charge in [0, 0.05) is 13.1 Å². The first-order valence-corrected chi connectivity index (χ1v) is 9.01. The molecule has 0 aliphatic carbocycles. The lowest BCUT2D eigenvalue weighted by Gasteiger charge is -2.33. The van der Waals surface area contributed by atoms with Crippen LogP contribution >= 0.6 is 0 Å². The molecule has 2 aliphatic heterocycles. The molecule has 0 saturated carbocycles. The van der Waals surface area contributed by atoms with E-state index in [0.717, 1.165) is 30.5 Å². The Morgan fingerprint density at radius 2 is 2.20 bits per heavy atom. The maximum atomic E-state index is 14.2. The van der Waals surface area contributed by atoms with E-state index in [9.17, 15) is 12.8 Å². The van der Waals surface area contributed by atoms with Crippen LogP contribution in [0.15, 0.2) is 12.1 Å². The first kappa shape index (κ1) is 13.9. The number of hydrogen-bond acceptors (Lipinski definition) is 3. The van der Waals surface area contributed by atoms with E-state index >= 15 is 0 Å². The van der Waals surface area contributed by atoms with Crippen LogP contribution in [0.25, 0.3) is 0 Å². The van der Waals surface area contributed by atoms with Crippen LogP contribution in [-0.4, -0.2) is 33.0 Å². The van der Waals surface area contributed by atoms with E-state index in [1.54, 1.807) is 6.07 Å². The summed E-state index contributed by atoms with van der Waals surface area (Å²) in [5, 5.41) is 0. The van der Waals surface area contributed by atoms with Crippen LogP contribution in [0, 0.1) is 18.7 Å². The van der Waals surface area contributed by atoms with Crippen molar-refractivity contribution in [2.24, 2.45) is 5.92 Å². The van der Waals surface area contributed by atoms with Crippen LogP contribution in [0.5, 0.6) is 0 Å². The molecule has 0 spiro atoms. The maximum Gasteiger partial charge on any atom is 0.150 e. The molecule has 20 heavy (non-hydrogen) atoms. The summed E-state index contributed by atoms with van der Waals surface area (Å²) in [5.74, 6) is 0.522. The Hall–Kier alpha value is -1.10. The number of fused-ring (bicyclic) bond motifs is 1. The fourth-order valence-corrected chi connectivity index (χ4v) is 5.28. The lowest BCUT2D eigenvalue weighted by molar-refractivity contribution is 0.534. The predicted octanol–water partition coefficient (Wildman–Crippen LogP) is 2.32. The second-order valence-electron chi connectivity index (χ2n) is 6.07. The third-order valence-corrected chi connectivity index (χ3v) is 6.12. The van der Waals surface area contributed by atoms with Crippen molar-refractivity contribution in [1.82, 2.24) is 0 Å². The summed E-state index contributed by atoms with van der Waals surface area (Å²) >= 11 is 0. The zero-order valence-electron chi connectivity index (χ0n) is 11.7. The van der Waals surface area contributed by atoms with Crippen LogP contribution in [-0.2, 0) is 16.3 Å². The second-order valence-corrected chi connectivity index (χ2v) is 8.30. The second kappa shape index (κ2) is 5.02. The van der Waals surface area contributed by atoms with E-state index in [-0.39, 0.29) is 23.2 Å². The van der Waals surface area contributed by atoms with Gasteiger partial charge in [-0.05, 0) is 49.3 Å². The number of anilines is 1. The highest BCUT2D eigenvalue weighted by Crippen LogP contribution is 2.33. The fourth-order valence-electron chi connectivity index (χ4n) is 3.43. The van der Waals surface area contributed by atoms with Crippen molar-refractivity contribution in [3.05, 3.63) is 29.1 Å². The lowest BCUT2D eigenvalue weighted by Crippen LogP contribution is -2.35. The molecule has 1 aromatic carbocycles. The van der Waals surface area contributed by atoms with E-state index in [1.807, 2.05) is 6.92 Å². The minimum Gasteiger partial charge on any atom is -0.369 e. The van der Waals surface area contributed by atoms with Gasteiger partial charge in [0.2, 0.25) is 0 Å². The van der Waals surface area contributed by atoms with Crippen LogP contribution < -0.4 is 4.90 Å². The van der Waals surface area contributed by atoms with Crippen LogP contribution in [0.4, 0.5) is 10.1 Å². The van der Waals surface area contributed by atoms with Crippen molar-refractivity contribution < 1.29 is 12.8 Å². The van der Waals surface area contributed by atoms with Crippen LogP contribution in [0.2, 0.25) is 0 Å². The van der Waals surface area contributed by atoms with Gasteiger partial charge in [-0.3, -0.25) is 0 Å². The summed E-state index contributed by atoms with van der Waals surface area (Å²) < 4.78 is 37.3. The van der Waals surface area contributed by atoms with Gasteiger partial charge in [-0.1, -0.05) is 6.07 Å². The average molecular weight is 297 g/mol. The Balaban J connectivity index is 1.84. The Labute approximate surface area is 119 Å². The van der Waals surface area contributed by atoms with E-state index in [0.29, 0.717) is 18.7 Å². The first-order chi connectivity index (χ1) is 9.44. The van der Waals surface area contributed by atoms with Crippen molar-refractivity contribution in [3.63, 3.8) is 0 Å². The van der Waals surface area contributed by atoms with Gasteiger partial charge in [0.05, 0.1) is 17.2 Å². The Morgan fingerprint density at radius 3 is 2.90 bits per heavy atom. The standard InChI is InChI=1S/C15H20FNO2S/c1-11-7-13-3-2-5-17(15(13)14(16)8-11)9-12-4-6-20(18,19)10-12/h7-8,12H,2-6,9-10H2,1H3. The smallest absolute Gasteiger partial charge is 0.150 e. The molecule has 110 valence electrons. The molecule has 0 bridgehead atoms. The van der Waals surface area contributed by atoms with Crippen molar-refractivity contribution in [2.75, 3.05) is 29.5 Å². The molecular formula is C15H20FNO2S. The molecule has 1 aromatic rings. The predicted molar refractivity (Wildman–Crippen MR) is 78.4 cm³/mol. The topological polar surface area (TPSA) is 37.4 Å². The molecule has 1 atom stereocenters. The minimum absolute atomic E-state index is 0.145. The number of rotatable bonds is 2. The highest BCUT2D eigenvalue weighted by molar-refractivity contribution is 7.91. The molecule has 0 amide bonds. The summed E-state index contributed by atoms with van der Waals surface area (Å²) in [4.78, 5) is 2.05. The van der Waals surface area contributed by atoms with E-state index in [2.05, 4.69) is 11.0 Å². The number of nitrogens with zero attached hydrogens (tertiary/aromatic N) is 1. The molecule has 1 fully saturated rings. The summed E-state index contributed by atoms with van der Waals surface area (Å²) in [6.07, 6.45) is 2.63. The summed E-state index contributed by atoms with van der Waals surface area (Å²) in [6.45, 7) is 3.39. The third-order valence-electron chi connectivity index (χ3n) is 4.28. The van der Waals surface area contributed by atoms with Crippen molar-refractivity contribution >= 4 is 15.5 Å². The summed E-state index contributed by atoms with van der Waals surface area (Å²) in [5.41, 5.74) is 2.72. The fraction of sp³-hybridized carbons (Fsp3) is 0.600. The highest BCUT2D eigenvalue weighted by atomic mass is 32.2. The SMILES string of the molecule is Cc1cc(F)c2c(c1)CCCN2CC1CCS(=O)(=O)C1. The number of benzene rings is 1. The quantitative estimate of drug-likeness (QED) is 0.841. The molecule has 1 saturated heterocycles. The average Bonchev–Trinajstić information content (AvgIpc) is 2.68. The lowest BCUT2D eigenvalue weighted by atomic mass is 9.97. The van der Waals surface area contributed by atoms with Crippen LogP contribution in [0.1, 0.15) is 24.0 Å². The molecule has 1 unspecified atom stereocenters. The molecular weight excluding hydrogens is 277 g/mol. The molecule has 3 rings (SSSR count). The molecule has 0 aromatic heterocycles. The maximum absolute atomic E-state index is 14.2. The van der Waals surface area contributed by atoms with Gasteiger partial charge in [-0.15, -0.1) is 0 Å². The Kier molecular flexibility index (Phi) is 3.48. The molecule has 5 heteroatoms. The monoisotopic (exact) mass is 297 g/mol. The number of sulfone groups is 1. The van der Waals surface area contributed by atoms with Gasteiger partial charge in [0.25, 0.3) is 0 Å². The van der Waals surface area contributed by atoms with Gasteiger partial charge in [-0.2, -0.15) is 0 Å². The number of halogens is 1. The molecule has 2 aliphatic rings. The van der Waals surface area contributed by atoms with Gasteiger partial charge in [0.1, 0.15) is 5.82 Å². The van der Waals surface area contributed by atoms with Crippen LogP contribution in [0.3, 0.4) is 0 Å². The van der Waals surface area contributed by atoms with Crippen molar-refractivity contribution in [3.8, 4) is 0 Å². The minimum atomic E-state index is -2.86. The number of hydrogen-bond donors (Lipinski definition) is 0. The summed E-state index contributed by atoms with van der Waals surface area (Å²) in [6, 6.07) is 3.62. The summed E-state index contributed by atoms with van der Waals surface area (Å²) in [7, 11) is -2.86. The molecule has 0 N–H and O–H groups in total. The molecule has 3 nitrogen and oxygen atoms in total. The van der Waals surface area contributed by atoms with Crippen molar-refractivity contribution in [2.45, 2.75) is 26.2 Å². The Bertz CT molecular complexity index is 627.